The first kappa shape index (κ1) is 16.8. The van der Waals surface area contributed by atoms with Gasteiger partial charge in [-0.15, -0.1) is 0 Å². The number of amides is 2. The van der Waals surface area contributed by atoms with Crippen molar-refractivity contribution in [3.05, 3.63) is 34.9 Å². The van der Waals surface area contributed by atoms with Crippen LogP contribution in [0.1, 0.15) is 36.0 Å². The normalized spacial score (nSPS) is 14.8. The maximum absolute atomic E-state index is 11.9. The molecule has 2 N–H and O–H groups in total. The maximum Gasteiger partial charge on any atom is 0.252 e. The second-order valence-corrected chi connectivity index (χ2v) is 5.71. The quantitative estimate of drug-likeness (QED) is 0.755. The van der Waals surface area contributed by atoms with Crippen molar-refractivity contribution >= 4 is 23.4 Å². The highest BCUT2D eigenvalue weighted by atomic mass is 35.5. The predicted molar refractivity (Wildman–Crippen MR) is 85.0 cm³/mol. The van der Waals surface area contributed by atoms with Gasteiger partial charge in [0.05, 0.1) is 16.7 Å². The van der Waals surface area contributed by atoms with Crippen molar-refractivity contribution in [3.8, 4) is 0 Å². The Morgan fingerprint density at radius 2 is 1.82 bits per heavy atom. The number of benzene rings is 1. The Balaban J connectivity index is 1.59. The Labute approximate surface area is 135 Å². The largest absolute Gasteiger partial charge is 0.368 e. The number of nitrogens with one attached hydrogen (secondary N) is 2. The Kier molecular flexibility index (Phi) is 6.68. The molecule has 22 heavy (non-hydrogen) atoms. The standard InChI is InChI=1S/C16H21ClN2O3/c17-14-8-4-3-7-13(14)16(21)19-10-9-18-15(20)11-22-12-5-1-2-6-12/h3-4,7-8,12H,1-2,5-6,9-11H2,(H,18,20)(H,19,21). The third kappa shape index (κ3) is 5.31. The van der Waals surface area contributed by atoms with E-state index in [9.17, 15) is 9.59 Å². The van der Waals surface area contributed by atoms with E-state index < -0.39 is 0 Å². The van der Waals surface area contributed by atoms with Crippen LogP contribution in [0.3, 0.4) is 0 Å². The highest BCUT2D eigenvalue weighted by Crippen LogP contribution is 2.20. The lowest BCUT2D eigenvalue weighted by Crippen LogP contribution is -2.36. The fourth-order valence-corrected chi connectivity index (χ4v) is 2.64. The molecule has 0 radical (unpaired) electrons. The minimum absolute atomic E-state index is 0.0864. The first-order valence-corrected chi connectivity index (χ1v) is 7.95. The minimum atomic E-state index is -0.248. The second kappa shape index (κ2) is 8.76. The van der Waals surface area contributed by atoms with E-state index in [4.69, 9.17) is 16.3 Å². The van der Waals surface area contributed by atoms with Crippen LogP contribution in [-0.4, -0.2) is 37.6 Å². The molecule has 0 saturated heterocycles. The molecule has 0 atom stereocenters. The molecule has 120 valence electrons. The van der Waals surface area contributed by atoms with Crippen molar-refractivity contribution < 1.29 is 14.3 Å². The van der Waals surface area contributed by atoms with Gasteiger partial charge in [0.25, 0.3) is 5.91 Å². The molecule has 1 saturated carbocycles. The Hall–Kier alpha value is -1.59. The van der Waals surface area contributed by atoms with Gasteiger partial charge < -0.3 is 15.4 Å². The molecule has 6 heteroatoms. The van der Waals surface area contributed by atoms with Crippen LogP contribution in [-0.2, 0) is 9.53 Å². The van der Waals surface area contributed by atoms with Gasteiger partial charge >= 0.3 is 0 Å². The highest BCUT2D eigenvalue weighted by molar-refractivity contribution is 6.33. The van der Waals surface area contributed by atoms with Crippen molar-refractivity contribution in [1.29, 1.82) is 0 Å². The maximum atomic E-state index is 11.9. The molecule has 0 aromatic heterocycles. The Bertz CT molecular complexity index is 516. The Morgan fingerprint density at radius 1 is 1.14 bits per heavy atom. The smallest absolute Gasteiger partial charge is 0.252 e. The molecule has 1 aliphatic carbocycles. The third-order valence-electron chi connectivity index (χ3n) is 3.60. The fourth-order valence-electron chi connectivity index (χ4n) is 2.42. The van der Waals surface area contributed by atoms with Crippen LogP contribution in [0.15, 0.2) is 24.3 Å². The summed E-state index contributed by atoms with van der Waals surface area (Å²) < 4.78 is 5.51. The van der Waals surface area contributed by atoms with Gasteiger partial charge in [0.2, 0.25) is 5.91 Å². The molecule has 0 bridgehead atoms. The number of hydrogen-bond acceptors (Lipinski definition) is 3. The van der Waals surface area contributed by atoms with Crippen LogP contribution in [0.2, 0.25) is 5.02 Å². The van der Waals surface area contributed by atoms with E-state index in [-0.39, 0.29) is 24.5 Å². The van der Waals surface area contributed by atoms with E-state index >= 15 is 0 Å². The van der Waals surface area contributed by atoms with E-state index in [2.05, 4.69) is 10.6 Å². The molecule has 0 unspecified atom stereocenters. The van der Waals surface area contributed by atoms with Gasteiger partial charge in [-0.25, -0.2) is 0 Å². The van der Waals surface area contributed by atoms with Crippen molar-refractivity contribution in [2.24, 2.45) is 0 Å². The van der Waals surface area contributed by atoms with E-state index in [0.717, 1.165) is 12.8 Å². The lowest BCUT2D eigenvalue weighted by Gasteiger charge is -2.11. The molecular weight excluding hydrogens is 304 g/mol. The lowest BCUT2D eigenvalue weighted by atomic mass is 10.2. The summed E-state index contributed by atoms with van der Waals surface area (Å²) in [7, 11) is 0. The topological polar surface area (TPSA) is 67.4 Å². The van der Waals surface area contributed by atoms with Crippen LogP contribution < -0.4 is 10.6 Å². The molecule has 0 aliphatic heterocycles. The van der Waals surface area contributed by atoms with E-state index in [0.29, 0.717) is 23.7 Å². The van der Waals surface area contributed by atoms with Crippen LogP contribution in [0.4, 0.5) is 0 Å². The molecule has 1 aromatic carbocycles. The fraction of sp³-hybridized carbons (Fsp3) is 0.500. The van der Waals surface area contributed by atoms with Crippen molar-refractivity contribution in [2.45, 2.75) is 31.8 Å². The van der Waals surface area contributed by atoms with Crippen LogP contribution in [0, 0.1) is 0 Å². The first-order valence-electron chi connectivity index (χ1n) is 7.58. The minimum Gasteiger partial charge on any atom is -0.368 e. The van der Waals surface area contributed by atoms with E-state index in [1.165, 1.54) is 12.8 Å². The number of halogens is 1. The summed E-state index contributed by atoms with van der Waals surface area (Å²) in [5, 5.41) is 5.84. The van der Waals surface area contributed by atoms with E-state index in [1.807, 2.05) is 0 Å². The first-order chi connectivity index (χ1) is 10.7. The van der Waals surface area contributed by atoms with Crippen LogP contribution in [0.5, 0.6) is 0 Å². The third-order valence-corrected chi connectivity index (χ3v) is 3.93. The van der Waals surface area contributed by atoms with Crippen molar-refractivity contribution in [1.82, 2.24) is 10.6 Å². The Morgan fingerprint density at radius 3 is 2.55 bits per heavy atom. The molecule has 2 rings (SSSR count). The van der Waals surface area contributed by atoms with Crippen LogP contribution >= 0.6 is 11.6 Å². The average molecular weight is 325 g/mol. The van der Waals surface area contributed by atoms with Gasteiger partial charge in [-0.05, 0) is 25.0 Å². The van der Waals surface area contributed by atoms with Crippen LogP contribution in [0.25, 0.3) is 0 Å². The summed E-state index contributed by atoms with van der Waals surface area (Å²) >= 11 is 5.94. The zero-order valence-electron chi connectivity index (χ0n) is 12.4. The zero-order chi connectivity index (χ0) is 15.8. The second-order valence-electron chi connectivity index (χ2n) is 5.30. The summed E-state index contributed by atoms with van der Waals surface area (Å²) in [6.07, 6.45) is 4.67. The molecule has 1 aliphatic rings. The van der Waals surface area contributed by atoms with Crippen molar-refractivity contribution in [3.63, 3.8) is 0 Å². The van der Waals surface area contributed by atoms with E-state index in [1.54, 1.807) is 24.3 Å². The van der Waals surface area contributed by atoms with Crippen molar-refractivity contribution in [2.75, 3.05) is 19.7 Å². The average Bonchev–Trinajstić information content (AvgIpc) is 3.03. The summed E-state index contributed by atoms with van der Waals surface area (Å²) in [5.41, 5.74) is 0.431. The van der Waals surface area contributed by atoms with Gasteiger partial charge in [-0.2, -0.15) is 0 Å². The number of rotatable bonds is 7. The van der Waals surface area contributed by atoms with Gasteiger partial charge in [0.1, 0.15) is 6.61 Å². The van der Waals surface area contributed by atoms with Gasteiger partial charge in [0, 0.05) is 13.1 Å². The molecule has 0 heterocycles. The lowest BCUT2D eigenvalue weighted by molar-refractivity contribution is -0.127. The van der Waals surface area contributed by atoms with Gasteiger partial charge in [0.15, 0.2) is 0 Å². The molecule has 5 nitrogen and oxygen atoms in total. The molecule has 0 spiro atoms. The number of carbonyl (C=O) groups is 2. The highest BCUT2D eigenvalue weighted by Gasteiger charge is 2.16. The number of hydrogen-bond donors (Lipinski definition) is 2. The summed E-state index contributed by atoms with van der Waals surface area (Å²) in [6.45, 7) is 0.797. The monoisotopic (exact) mass is 324 g/mol. The van der Waals surface area contributed by atoms with Gasteiger partial charge in [-0.3, -0.25) is 9.59 Å². The summed E-state index contributed by atoms with van der Waals surface area (Å²) in [5.74, 6) is -0.402. The molecule has 1 fully saturated rings. The zero-order valence-corrected chi connectivity index (χ0v) is 13.2. The number of carbonyl (C=O) groups excluding carboxylic acids is 2. The summed E-state index contributed by atoms with van der Waals surface area (Å²) in [6, 6.07) is 6.84. The SMILES string of the molecule is O=C(COC1CCCC1)NCCNC(=O)c1ccccc1Cl. The molecule has 1 aromatic rings. The molecular formula is C16H21ClN2O3. The number of ether oxygens (including phenoxy) is 1. The molecule has 2 amide bonds. The van der Waals surface area contributed by atoms with Gasteiger partial charge in [-0.1, -0.05) is 36.6 Å². The summed E-state index contributed by atoms with van der Waals surface area (Å²) in [4.78, 5) is 23.5. The predicted octanol–water partition coefficient (Wildman–Crippen LogP) is 2.15.